The molecule has 3 rings (SSSR count). The van der Waals surface area contributed by atoms with Gasteiger partial charge in [0, 0.05) is 25.2 Å². The summed E-state index contributed by atoms with van der Waals surface area (Å²) >= 11 is 0. The summed E-state index contributed by atoms with van der Waals surface area (Å²) in [5.74, 6) is 0.828. The molecule has 5 heteroatoms. The van der Waals surface area contributed by atoms with Crippen LogP contribution in [-0.2, 0) is 11.3 Å². The van der Waals surface area contributed by atoms with E-state index in [0.717, 1.165) is 23.6 Å². The normalized spacial score (nSPS) is 32.2. The van der Waals surface area contributed by atoms with Crippen molar-refractivity contribution in [1.82, 2.24) is 10.2 Å². The van der Waals surface area contributed by atoms with E-state index in [4.69, 9.17) is 4.42 Å². The van der Waals surface area contributed by atoms with E-state index in [0.29, 0.717) is 13.1 Å². The number of nitrogens with one attached hydrogen (secondary N) is 1. The van der Waals surface area contributed by atoms with Gasteiger partial charge >= 0.3 is 5.97 Å². The lowest BCUT2D eigenvalue weighted by Crippen LogP contribution is -2.58. The number of carboxylic acid groups (broad SMARTS) is 1. The van der Waals surface area contributed by atoms with Gasteiger partial charge in [-0.2, -0.15) is 0 Å². The molecule has 3 heterocycles. The molecule has 5 nitrogen and oxygen atoms in total. The lowest BCUT2D eigenvalue weighted by molar-refractivity contribution is -0.145. The number of carbonyl (C=O) groups is 1. The predicted molar refractivity (Wildman–Crippen MR) is 60.9 cm³/mol. The Labute approximate surface area is 99.4 Å². The Balaban J connectivity index is 2.10. The van der Waals surface area contributed by atoms with Gasteiger partial charge in [0.05, 0.1) is 5.92 Å². The second kappa shape index (κ2) is 3.34. The maximum atomic E-state index is 11.6. The van der Waals surface area contributed by atoms with Crippen molar-refractivity contribution in [2.45, 2.75) is 24.9 Å². The van der Waals surface area contributed by atoms with Gasteiger partial charge in [-0.25, -0.2) is 0 Å². The highest BCUT2D eigenvalue weighted by atomic mass is 16.4. The van der Waals surface area contributed by atoms with E-state index in [1.807, 2.05) is 24.9 Å². The Morgan fingerprint density at radius 2 is 2.47 bits per heavy atom. The summed E-state index contributed by atoms with van der Waals surface area (Å²) in [6.07, 6.45) is 0. The van der Waals surface area contributed by atoms with Crippen LogP contribution in [0.1, 0.15) is 23.0 Å². The Kier molecular flexibility index (Phi) is 2.12. The van der Waals surface area contributed by atoms with E-state index in [2.05, 4.69) is 5.32 Å². The molecule has 1 saturated heterocycles. The third kappa shape index (κ3) is 1.36. The first-order chi connectivity index (χ1) is 8.03. The Morgan fingerprint density at radius 3 is 3.18 bits per heavy atom. The lowest BCUT2D eigenvalue weighted by atomic mass is 9.81. The minimum atomic E-state index is -0.883. The van der Waals surface area contributed by atoms with Crippen molar-refractivity contribution in [1.29, 1.82) is 0 Å². The van der Waals surface area contributed by atoms with Gasteiger partial charge in [0.15, 0.2) is 0 Å². The molecule has 2 atom stereocenters. The van der Waals surface area contributed by atoms with E-state index >= 15 is 0 Å². The van der Waals surface area contributed by atoms with Gasteiger partial charge in [-0.05, 0) is 20.0 Å². The molecule has 2 aliphatic heterocycles. The first-order valence-electron chi connectivity index (χ1n) is 5.79. The van der Waals surface area contributed by atoms with Gasteiger partial charge in [0.1, 0.15) is 17.1 Å². The fourth-order valence-electron chi connectivity index (χ4n) is 3.12. The second-order valence-corrected chi connectivity index (χ2v) is 5.13. The quantitative estimate of drug-likeness (QED) is 0.745. The zero-order valence-electron chi connectivity index (χ0n) is 9.99. The first kappa shape index (κ1) is 10.8. The molecule has 92 valence electrons. The van der Waals surface area contributed by atoms with Crippen LogP contribution in [0.25, 0.3) is 0 Å². The molecule has 0 spiro atoms. The zero-order valence-corrected chi connectivity index (χ0v) is 9.99. The summed E-state index contributed by atoms with van der Waals surface area (Å²) in [4.78, 5) is 13.6. The fraction of sp³-hybridized carbons (Fsp3) is 0.583. The molecule has 17 heavy (non-hydrogen) atoms. The van der Waals surface area contributed by atoms with Crippen molar-refractivity contribution < 1.29 is 14.3 Å². The highest BCUT2D eigenvalue weighted by Crippen LogP contribution is 2.41. The van der Waals surface area contributed by atoms with Crippen LogP contribution >= 0.6 is 0 Å². The topological polar surface area (TPSA) is 65.7 Å². The Morgan fingerprint density at radius 1 is 1.71 bits per heavy atom. The van der Waals surface area contributed by atoms with Gasteiger partial charge in [0.25, 0.3) is 0 Å². The minimum Gasteiger partial charge on any atom is -0.480 e. The largest absolute Gasteiger partial charge is 0.480 e. The van der Waals surface area contributed by atoms with Crippen molar-refractivity contribution >= 4 is 5.97 Å². The average Bonchev–Trinajstić information content (AvgIpc) is 2.76. The number of furan rings is 1. The monoisotopic (exact) mass is 236 g/mol. The predicted octanol–water partition coefficient (Wildman–Crippen LogP) is 0.544. The van der Waals surface area contributed by atoms with Gasteiger partial charge in [0.2, 0.25) is 0 Å². The van der Waals surface area contributed by atoms with Crippen LogP contribution in [0.15, 0.2) is 10.5 Å². The summed E-state index contributed by atoms with van der Waals surface area (Å²) in [7, 11) is 1.94. The number of likely N-dealkylation sites (tertiary alicyclic amines) is 1. The highest BCUT2D eigenvalue weighted by Gasteiger charge is 2.56. The van der Waals surface area contributed by atoms with E-state index in [-0.39, 0.29) is 5.92 Å². The van der Waals surface area contributed by atoms with Crippen molar-refractivity contribution in [2.75, 3.05) is 20.1 Å². The number of likely N-dealkylation sites (N-methyl/N-ethyl adjacent to an activating group) is 1. The molecule has 0 aromatic carbocycles. The molecule has 0 bridgehead atoms. The molecular formula is C12H16N2O3. The van der Waals surface area contributed by atoms with Crippen molar-refractivity contribution in [3.05, 3.63) is 23.2 Å². The molecule has 0 radical (unpaired) electrons. The van der Waals surface area contributed by atoms with Crippen LogP contribution in [0.4, 0.5) is 0 Å². The molecule has 2 N–H and O–H groups in total. The number of aliphatic carboxylic acids is 1. The van der Waals surface area contributed by atoms with E-state index in [9.17, 15) is 9.90 Å². The van der Waals surface area contributed by atoms with E-state index in [1.54, 1.807) is 0 Å². The number of hydrogen-bond acceptors (Lipinski definition) is 4. The zero-order chi connectivity index (χ0) is 12.2. The second-order valence-electron chi connectivity index (χ2n) is 5.13. The first-order valence-corrected chi connectivity index (χ1v) is 5.79. The van der Waals surface area contributed by atoms with Crippen LogP contribution in [0.2, 0.25) is 0 Å². The third-order valence-corrected chi connectivity index (χ3v) is 3.87. The van der Waals surface area contributed by atoms with Crippen molar-refractivity contribution in [3.63, 3.8) is 0 Å². The number of nitrogens with zero attached hydrogens (tertiary/aromatic N) is 1. The standard InChI is InChI=1S/C12H16N2O3/c1-7-3-8-4-13-12(11(15)16)6-14(2)5-9(12)10(8)17-7/h3,9,13H,4-6H2,1-2H3,(H,15,16)/t9-,12-/m0/s1. The van der Waals surface area contributed by atoms with E-state index < -0.39 is 11.5 Å². The van der Waals surface area contributed by atoms with Crippen LogP contribution in [0.3, 0.4) is 0 Å². The maximum absolute atomic E-state index is 11.6. The summed E-state index contributed by atoms with van der Waals surface area (Å²) in [6, 6.07) is 1.99. The van der Waals surface area contributed by atoms with Gasteiger partial charge in [-0.1, -0.05) is 0 Å². The molecule has 0 amide bonds. The average molecular weight is 236 g/mol. The molecule has 1 aromatic rings. The molecule has 1 fully saturated rings. The van der Waals surface area contributed by atoms with Gasteiger partial charge in [-0.15, -0.1) is 0 Å². The highest BCUT2D eigenvalue weighted by molar-refractivity contribution is 5.82. The molecule has 0 saturated carbocycles. The Bertz CT molecular complexity index is 482. The van der Waals surface area contributed by atoms with E-state index in [1.165, 1.54) is 0 Å². The molecule has 2 aliphatic rings. The summed E-state index contributed by atoms with van der Waals surface area (Å²) < 4.78 is 5.71. The number of rotatable bonds is 1. The smallest absolute Gasteiger partial charge is 0.326 e. The molecule has 1 aromatic heterocycles. The Hall–Kier alpha value is -1.33. The van der Waals surface area contributed by atoms with Gasteiger partial charge < -0.3 is 14.4 Å². The van der Waals surface area contributed by atoms with Crippen LogP contribution in [-0.4, -0.2) is 41.7 Å². The summed E-state index contributed by atoms with van der Waals surface area (Å²) in [6.45, 7) is 3.72. The van der Waals surface area contributed by atoms with Crippen molar-refractivity contribution in [3.8, 4) is 0 Å². The van der Waals surface area contributed by atoms with Crippen LogP contribution in [0.5, 0.6) is 0 Å². The number of aryl methyl sites for hydroxylation is 1. The summed E-state index contributed by atoms with van der Waals surface area (Å²) in [5, 5.41) is 12.7. The number of hydrogen-bond donors (Lipinski definition) is 2. The fourth-order valence-corrected chi connectivity index (χ4v) is 3.12. The molecule has 0 unspecified atom stereocenters. The number of carboxylic acids is 1. The third-order valence-electron chi connectivity index (χ3n) is 3.87. The number of fused-ring (bicyclic) bond motifs is 3. The maximum Gasteiger partial charge on any atom is 0.326 e. The minimum absolute atomic E-state index is 0.0950. The van der Waals surface area contributed by atoms with Crippen LogP contribution < -0.4 is 5.32 Å². The van der Waals surface area contributed by atoms with Crippen molar-refractivity contribution in [2.24, 2.45) is 0 Å². The summed E-state index contributed by atoms with van der Waals surface area (Å²) in [5.41, 5.74) is 0.214. The lowest BCUT2D eigenvalue weighted by Gasteiger charge is -2.34. The van der Waals surface area contributed by atoms with Gasteiger partial charge in [-0.3, -0.25) is 10.1 Å². The molecular weight excluding hydrogens is 220 g/mol. The van der Waals surface area contributed by atoms with Crippen LogP contribution in [0, 0.1) is 6.92 Å². The SMILES string of the molecule is Cc1cc2c(o1)[C@@H]1CN(C)C[C@]1(C(=O)O)NC2. The molecule has 0 aliphatic carbocycles.